The number of aryl methyl sites for hydroxylation is 1. The van der Waals surface area contributed by atoms with E-state index < -0.39 is 0 Å². The van der Waals surface area contributed by atoms with Crippen molar-refractivity contribution in [2.45, 2.75) is 13.5 Å². The van der Waals surface area contributed by atoms with Gasteiger partial charge in [-0.2, -0.15) is 0 Å². The minimum atomic E-state index is -0.214. The third-order valence-corrected chi connectivity index (χ3v) is 3.93. The Bertz CT molecular complexity index is 894. The maximum Gasteiger partial charge on any atom is 0.204 e. The fraction of sp³-hybridized carbons (Fsp3) is 0.294. The molecule has 0 spiro atoms. The van der Waals surface area contributed by atoms with Gasteiger partial charge in [0.1, 0.15) is 5.58 Å². The molecule has 0 bridgehead atoms. The molecule has 0 amide bonds. The average molecular weight is 318 g/mol. The van der Waals surface area contributed by atoms with Gasteiger partial charge in [-0.15, -0.1) is 0 Å². The second-order valence-electron chi connectivity index (χ2n) is 5.19. The van der Waals surface area contributed by atoms with Crippen molar-refractivity contribution in [1.82, 2.24) is 0 Å². The summed E-state index contributed by atoms with van der Waals surface area (Å²) in [6.45, 7) is 1.65. The molecule has 23 heavy (non-hydrogen) atoms. The zero-order chi connectivity index (χ0) is 16.7. The van der Waals surface area contributed by atoms with E-state index in [-0.39, 0.29) is 18.1 Å². The number of hydrogen-bond donors (Lipinski definition) is 2. The second kappa shape index (κ2) is 5.55. The minimum Gasteiger partial charge on any atom is -0.504 e. The molecule has 0 saturated heterocycles. The second-order valence-corrected chi connectivity index (χ2v) is 5.19. The molecule has 0 unspecified atom stereocenters. The molecule has 2 aromatic carbocycles. The summed E-state index contributed by atoms with van der Waals surface area (Å²) in [5.74, 6) is 1.19. The van der Waals surface area contributed by atoms with Crippen molar-refractivity contribution < 1.29 is 28.8 Å². The average Bonchev–Trinajstić information content (AvgIpc) is 2.92. The topological polar surface area (TPSA) is 81.3 Å². The first-order valence-corrected chi connectivity index (χ1v) is 7.04. The van der Waals surface area contributed by atoms with Crippen molar-refractivity contribution in [1.29, 1.82) is 0 Å². The molecule has 3 aromatic rings. The fourth-order valence-corrected chi connectivity index (χ4v) is 2.99. The van der Waals surface area contributed by atoms with Gasteiger partial charge in [0, 0.05) is 10.9 Å². The summed E-state index contributed by atoms with van der Waals surface area (Å²) < 4.78 is 22.1. The smallest absolute Gasteiger partial charge is 0.204 e. The number of aromatic hydroxyl groups is 1. The maximum atomic E-state index is 10.1. The Morgan fingerprint density at radius 1 is 0.957 bits per heavy atom. The molecule has 3 rings (SSSR count). The first-order chi connectivity index (χ1) is 11.1. The first-order valence-electron chi connectivity index (χ1n) is 7.04. The molecule has 1 aromatic heterocycles. The van der Waals surface area contributed by atoms with Crippen LogP contribution in [0.5, 0.6) is 23.0 Å². The quantitative estimate of drug-likeness (QED) is 0.769. The van der Waals surface area contributed by atoms with Gasteiger partial charge in [-0.05, 0) is 24.6 Å². The summed E-state index contributed by atoms with van der Waals surface area (Å²) in [6.07, 6.45) is 0. The van der Waals surface area contributed by atoms with E-state index in [4.69, 9.17) is 18.6 Å². The lowest BCUT2D eigenvalue weighted by molar-refractivity contribution is 0.270. The van der Waals surface area contributed by atoms with E-state index in [1.807, 2.05) is 6.92 Å². The maximum absolute atomic E-state index is 10.1. The predicted octanol–water partition coefficient (Wildman–Crippen LogP) is 3.12. The Kier molecular flexibility index (Phi) is 3.69. The van der Waals surface area contributed by atoms with Gasteiger partial charge in [0.15, 0.2) is 22.8 Å². The molecule has 0 saturated carbocycles. The van der Waals surface area contributed by atoms with E-state index in [9.17, 15) is 10.2 Å². The standard InChI is InChI=1S/C17H18O6/c1-8-5-10(19)15(21-3)17-12(8)13-11(23-17)6-9(7-18)14(20-2)16(13)22-4/h5-6,18-19H,7H2,1-4H3. The van der Waals surface area contributed by atoms with E-state index in [0.717, 1.165) is 10.9 Å². The monoisotopic (exact) mass is 318 g/mol. The number of rotatable bonds is 4. The number of aliphatic hydroxyl groups excluding tert-OH is 1. The number of hydrogen-bond acceptors (Lipinski definition) is 6. The van der Waals surface area contributed by atoms with E-state index in [0.29, 0.717) is 33.6 Å². The lowest BCUT2D eigenvalue weighted by Gasteiger charge is -2.12. The molecule has 6 heteroatoms. The molecule has 1 heterocycles. The molecule has 0 aliphatic carbocycles. The number of ether oxygens (including phenoxy) is 3. The first kappa shape index (κ1) is 15.3. The van der Waals surface area contributed by atoms with E-state index in [2.05, 4.69) is 0 Å². The highest BCUT2D eigenvalue weighted by Crippen LogP contribution is 2.48. The molecule has 0 fully saturated rings. The van der Waals surface area contributed by atoms with Gasteiger partial charge in [0.05, 0.1) is 33.3 Å². The van der Waals surface area contributed by atoms with Crippen molar-refractivity contribution in [3.63, 3.8) is 0 Å². The van der Waals surface area contributed by atoms with E-state index in [1.54, 1.807) is 12.1 Å². The van der Waals surface area contributed by atoms with Gasteiger partial charge in [-0.1, -0.05) is 0 Å². The highest BCUT2D eigenvalue weighted by molar-refractivity contribution is 6.13. The molecule has 6 nitrogen and oxygen atoms in total. The van der Waals surface area contributed by atoms with Crippen LogP contribution in [0.15, 0.2) is 16.5 Å². The van der Waals surface area contributed by atoms with Gasteiger partial charge in [-0.3, -0.25) is 0 Å². The molecular weight excluding hydrogens is 300 g/mol. The number of benzene rings is 2. The van der Waals surface area contributed by atoms with Gasteiger partial charge >= 0.3 is 0 Å². The zero-order valence-corrected chi connectivity index (χ0v) is 13.4. The van der Waals surface area contributed by atoms with Crippen LogP contribution in [0.1, 0.15) is 11.1 Å². The summed E-state index contributed by atoms with van der Waals surface area (Å²) in [5, 5.41) is 21.1. The van der Waals surface area contributed by atoms with Crippen LogP contribution < -0.4 is 14.2 Å². The molecular formula is C17H18O6. The SMILES string of the molecule is COc1c(CO)cc2oc3c(OC)c(O)cc(C)c3c2c1OC. The minimum absolute atomic E-state index is 0.00451. The van der Waals surface area contributed by atoms with Crippen molar-refractivity contribution in [3.05, 3.63) is 23.3 Å². The zero-order valence-electron chi connectivity index (χ0n) is 13.4. The van der Waals surface area contributed by atoms with Crippen LogP contribution in [-0.2, 0) is 6.61 Å². The number of furan rings is 1. The molecule has 122 valence electrons. The van der Waals surface area contributed by atoms with Gasteiger partial charge in [-0.25, -0.2) is 0 Å². The number of methoxy groups -OCH3 is 3. The molecule has 0 radical (unpaired) electrons. The van der Waals surface area contributed by atoms with Crippen LogP contribution in [0.2, 0.25) is 0 Å². The summed E-state index contributed by atoms with van der Waals surface area (Å²) in [6, 6.07) is 3.31. The molecule has 0 aliphatic heterocycles. The summed E-state index contributed by atoms with van der Waals surface area (Å²) >= 11 is 0. The van der Waals surface area contributed by atoms with Crippen molar-refractivity contribution in [3.8, 4) is 23.0 Å². The lowest BCUT2D eigenvalue weighted by atomic mass is 10.0. The summed E-state index contributed by atoms with van der Waals surface area (Å²) in [5.41, 5.74) is 2.31. The lowest BCUT2D eigenvalue weighted by Crippen LogP contribution is -1.97. The number of phenolic OH excluding ortho intramolecular Hbond substituents is 1. The Labute approximate surface area is 132 Å². The van der Waals surface area contributed by atoms with E-state index >= 15 is 0 Å². The van der Waals surface area contributed by atoms with Crippen LogP contribution in [0, 0.1) is 6.92 Å². The summed E-state index contributed by atoms with van der Waals surface area (Å²) in [7, 11) is 4.52. The van der Waals surface area contributed by atoms with Crippen LogP contribution in [-0.4, -0.2) is 31.5 Å². The highest BCUT2D eigenvalue weighted by atomic mass is 16.5. The van der Waals surface area contributed by atoms with E-state index in [1.165, 1.54) is 21.3 Å². The van der Waals surface area contributed by atoms with Crippen molar-refractivity contribution in [2.24, 2.45) is 0 Å². The van der Waals surface area contributed by atoms with Crippen LogP contribution in [0.25, 0.3) is 21.9 Å². The van der Waals surface area contributed by atoms with Crippen LogP contribution in [0.3, 0.4) is 0 Å². The van der Waals surface area contributed by atoms with Gasteiger partial charge in [0.25, 0.3) is 0 Å². The molecule has 0 aliphatic rings. The molecule has 2 N–H and O–H groups in total. The highest BCUT2D eigenvalue weighted by Gasteiger charge is 2.24. The third kappa shape index (κ3) is 2.06. The Balaban J connectivity index is 2.58. The van der Waals surface area contributed by atoms with Gasteiger partial charge in [0.2, 0.25) is 5.75 Å². The van der Waals surface area contributed by atoms with Gasteiger partial charge < -0.3 is 28.8 Å². The third-order valence-electron chi connectivity index (χ3n) is 3.93. The van der Waals surface area contributed by atoms with Crippen LogP contribution >= 0.6 is 0 Å². The Morgan fingerprint density at radius 2 is 1.61 bits per heavy atom. The number of aliphatic hydroxyl groups is 1. The largest absolute Gasteiger partial charge is 0.504 e. The van der Waals surface area contributed by atoms with Crippen LogP contribution in [0.4, 0.5) is 0 Å². The Morgan fingerprint density at radius 3 is 2.17 bits per heavy atom. The van der Waals surface area contributed by atoms with Crippen molar-refractivity contribution in [2.75, 3.05) is 21.3 Å². The number of phenols is 1. The Hall–Kier alpha value is -2.60. The van der Waals surface area contributed by atoms with Crippen molar-refractivity contribution >= 4 is 21.9 Å². The summed E-state index contributed by atoms with van der Waals surface area (Å²) in [4.78, 5) is 0. The number of fused-ring (bicyclic) bond motifs is 3. The predicted molar refractivity (Wildman–Crippen MR) is 85.7 cm³/mol. The fourth-order valence-electron chi connectivity index (χ4n) is 2.99. The normalized spacial score (nSPS) is 11.2. The molecule has 0 atom stereocenters.